The fraction of sp³-hybridized carbons (Fsp3) is 0.312. The van der Waals surface area contributed by atoms with Crippen molar-refractivity contribution in [2.24, 2.45) is 0 Å². The van der Waals surface area contributed by atoms with Crippen LogP contribution in [0.2, 0.25) is 0 Å². The van der Waals surface area contributed by atoms with Crippen LogP contribution < -0.4 is 33.8 Å². The Balaban J connectivity index is 1.56. The first kappa shape index (κ1) is 27.9. The van der Waals surface area contributed by atoms with E-state index in [0.717, 1.165) is 12.8 Å². The third-order valence-corrected chi connectivity index (χ3v) is 6.91. The van der Waals surface area contributed by atoms with E-state index in [0.29, 0.717) is 87.6 Å². The van der Waals surface area contributed by atoms with E-state index in [4.69, 9.17) is 32.8 Å². The van der Waals surface area contributed by atoms with Crippen molar-refractivity contribution in [1.29, 1.82) is 0 Å². The predicted molar refractivity (Wildman–Crippen MR) is 153 cm³/mol. The van der Waals surface area contributed by atoms with Crippen LogP contribution in [0.25, 0.3) is 22.1 Å². The Bertz CT molecular complexity index is 1640. The molecule has 1 aliphatic heterocycles. The molecule has 0 bridgehead atoms. The van der Waals surface area contributed by atoms with Crippen LogP contribution in [0.4, 0.5) is 0 Å². The van der Waals surface area contributed by atoms with Crippen LogP contribution in [0, 0.1) is 6.92 Å². The number of methoxy groups -OCH3 is 3. The Labute approximate surface area is 237 Å². The van der Waals surface area contributed by atoms with E-state index in [1.807, 2.05) is 25.1 Å². The molecule has 0 fully saturated rings. The molecule has 1 aliphatic rings. The Hall–Kier alpha value is -4.66. The van der Waals surface area contributed by atoms with Crippen molar-refractivity contribution in [3.05, 3.63) is 69.6 Å². The maximum absolute atomic E-state index is 13.8. The standard InChI is InChI=1S/C32H32O9/c1-6-8-19-13-22-25(17-24(19)41-32(34)21-15-27(35-3)31(37-5)28(16-21)36-4)40-18(2)29(30(22)33)20-9-10-23-26(14-20)39-12-7-11-38-23/h9-10,13-17H,6-8,11-12H2,1-5H3. The van der Waals surface area contributed by atoms with Crippen molar-refractivity contribution >= 4 is 16.9 Å². The van der Waals surface area contributed by atoms with Gasteiger partial charge in [0.15, 0.2) is 23.0 Å². The maximum atomic E-state index is 13.8. The third kappa shape index (κ3) is 5.39. The summed E-state index contributed by atoms with van der Waals surface area (Å²) in [5.41, 5.74) is 2.18. The Morgan fingerprint density at radius 3 is 2.24 bits per heavy atom. The summed E-state index contributed by atoms with van der Waals surface area (Å²) in [6.45, 7) is 4.87. The van der Waals surface area contributed by atoms with E-state index in [1.54, 1.807) is 19.1 Å². The first-order valence-electron chi connectivity index (χ1n) is 13.4. The monoisotopic (exact) mass is 560 g/mol. The number of rotatable bonds is 8. The van der Waals surface area contributed by atoms with Gasteiger partial charge in [0.05, 0.1) is 51.1 Å². The number of benzene rings is 3. The Morgan fingerprint density at radius 2 is 1.59 bits per heavy atom. The first-order valence-corrected chi connectivity index (χ1v) is 13.4. The SMILES string of the molecule is CCCc1cc2c(=O)c(-c3ccc4c(c3)OCCCO4)c(C)oc2cc1OC(=O)c1cc(OC)c(OC)c(OC)c1. The summed E-state index contributed by atoms with van der Waals surface area (Å²) < 4.78 is 39.7. The molecular weight excluding hydrogens is 528 g/mol. The number of fused-ring (bicyclic) bond motifs is 2. The number of aryl methyl sites for hydroxylation is 2. The van der Waals surface area contributed by atoms with E-state index >= 15 is 0 Å². The molecule has 4 aromatic rings. The van der Waals surface area contributed by atoms with Gasteiger partial charge in [-0.1, -0.05) is 19.4 Å². The molecule has 41 heavy (non-hydrogen) atoms. The van der Waals surface area contributed by atoms with Gasteiger partial charge >= 0.3 is 5.97 Å². The second-order valence-corrected chi connectivity index (χ2v) is 9.58. The van der Waals surface area contributed by atoms with Gasteiger partial charge in [0.25, 0.3) is 0 Å². The van der Waals surface area contributed by atoms with Gasteiger partial charge in [0.1, 0.15) is 17.1 Å². The normalized spacial score (nSPS) is 12.5. The predicted octanol–water partition coefficient (Wildman–Crippen LogP) is 6.13. The van der Waals surface area contributed by atoms with E-state index in [2.05, 4.69) is 0 Å². The van der Waals surface area contributed by atoms with Crippen LogP contribution in [0.15, 0.2) is 51.7 Å². The number of ether oxygens (including phenoxy) is 6. The second-order valence-electron chi connectivity index (χ2n) is 9.58. The minimum absolute atomic E-state index is 0.182. The molecule has 9 heteroatoms. The minimum Gasteiger partial charge on any atom is -0.493 e. The lowest BCUT2D eigenvalue weighted by Crippen LogP contribution is -2.12. The minimum atomic E-state index is -0.621. The zero-order chi connectivity index (χ0) is 29.1. The van der Waals surface area contributed by atoms with Gasteiger partial charge in [-0.05, 0) is 54.8 Å². The molecular formula is C32H32O9. The van der Waals surface area contributed by atoms with Gasteiger partial charge in [-0.2, -0.15) is 0 Å². The van der Waals surface area contributed by atoms with Crippen molar-refractivity contribution in [2.45, 2.75) is 33.1 Å². The van der Waals surface area contributed by atoms with Crippen molar-refractivity contribution in [1.82, 2.24) is 0 Å². The van der Waals surface area contributed by atoms with E-state index in [9.17, 15) is 9.59 Å². The van der Waals surface area contributed by atoms with Crippen LogP contribution in [0.3, 0.4) is 0 Å². The summed E-state index contributed by atoms with van der Waals surface area (Å²) >= 11 is 0. The molecule has 0 amide bonds. The molecule has 0 aliphatic carbocycles. The molecule has 2 heterocycles. The zero-order valence-electron chi connectivity index (χ0n) is 23.8. The Kier molecular flexibility index (Phi) is 8.05. The Morgan fingerprint density at radius 1 is 0.878 bits per heavy atom. The number of esters is 1. The number of hydrogen-bond acceptors (Lipinski definition) is 9. The van der Waals surface area contributed by atoms with Crippen molar-refractivity contribution < 1.29 is 37.6 Å². The highest BCUT2D eigenvalue weighted by atomic mass is 16.5. The average Bonchev–Trinajstić information content (AvgIpc) is 3.22. The van der Waals surface area contributed by atoms with Crippen molar-refractivity contribution in [2.75, 3.05) is 34.5 Å². The second kappa shape index (κ2) is 11.8. The molecule has 0 saturated carbocycles. The summed E-state index contributed by atoms with van der Waals surface area (Å²) in [6, 6.07) is 11.8. The lowest BCUT2D eigenvalue weighted by atomic mass is 9.99. The van der Waals surface area contributed by atoms with Crippen molar-refractivity contribution in [3.63, 3.8) is 0 Å². The fourth-order valence-electron chi connectivity index (χ4n) is 4.95. The van der Waals surface area contributed by atoms with Gasteiger partial charge in [0, 0.05) is 12.5 Å². The molecule has 5 rings (SSSR count). The molecule has 0 atom stereocenters. The zero-order valence-corrected chi connectivity index (χ0v) is 23.8. The quantitative estimate of drug-likeness (QED) is 0.186. The highest BCUT2D eigenvalue weighted by molar-refractivity contribution is 5.94. The molecule has 9 nitrogen and oxygen atoms in total. The summed E-state index contributed by atoms with van der Waals surface area (Å²) in [5.74, 6) is 2.39. The summed E-state index contributed by atoms with van der Waals surface area (Å²) in [7, 11) is 4.43. The van der Waals surface area contributed by atoms with Gasteiger partial charge in [-0.3, -0.25) is 4.79 Å². The van der Waals surface area contributed by atoms with Gasteiger partial charge in [-0.25, -0.2) is 4.79 Å². The van der Waals surface area contributed by atoms with E-state index < -0.39 is 5.97 Å². The first-order chi connectivity index (χ1) is 19.9. The summed E-state index contributed by atoms with van der Waals surface area (Å²) in [6.07, 6.45) is 2.14. The number of hydrogen-bond donors (Lipinski definition) is 0. The van der Waals surface area contributed by atoms with Gasteiger partial charge < -0.3 is 32.8 Å². The topological polar surface area (TPSA) is 103 Å². The van der Waals surface area contributed by atoms with Gasteiger partial charge in [0.2, 0.25) is 11.2 Å². The summed E-state index contributed by atoms with van der Waals surface area (Å²) in [4.78, 5) is 27.1. The van der Waals surface area contributed by atoms with E-state index in [1.165, 1.54) is 33.5 Å². The maximum Gasteiger partial charge on any atom is 0.343 e. The number of carbonyl (C=O) groups is 1. The smallest absolute Gasteiger partial charge is 0.343 e. The molecule has 0 N–H and O–H groups in total. The molecule has 0 spiro atoms. The summed E-state index contributed by atoms with van der Waals surface area (Å²) in [5, 5.41) is 0.397. The highest BCUT2D eigenvalue weighted by Gasteiger charge is 2.22. The lowest BCUT2D eigenvalue weighted by Gasteiger charge is -2.15. The molecule has 214 valence electrons. The molecule has 0 saturated heterocycles. The fourth-order valence-corrected chi connectivity index (χ4v) is 4.95. The van der Waals surface area contributed by atoms with Crippen LogP contribution >= 0.6 is 0 Å². The van der Waals surface area contributed by atoms with Gasteiger partial charge in [-0.15, -0.1) is 0 Å². The van der Waals surface area contributed by atoms with E-state index in [-0.39, 0.29) is 11.0 Å². The van der Waals surface area contributed by atoms with Crippen LogP contribution in [-0.4, -0.2) is 40.5 Å². The van der Waals surface area contributed by atoms with Crippen LogP contribution in [0.1, 0.15) is 41.4 Å². The van der Waals surface area contributed by atoms with Crippen LogP contribution in [0.5, 0.6) is 34.5 Å². The highest BCUT2D eigenvalue weighted by Crippen LogP contribution is 2.39. The molecule has 0 radical (unpaired) electrons. The largest absolute Gasteiger partial charge is 0.493 e. The van der Waals surface area contributed by atoms with Crippen molar-refractivity contribution in [3.8, 4) is 45.6 Å². The lowest BCUT2D eigenvalue weighted by molar-refractivity contribution is 0.0732. The molecule has 0 unspecified atom stereocenters. The molecule has 3 aromatic carbocycles. The average molecular weight is 561 g/mol. The molecule has 1 aromatic heterocycles. The number of carbonyl (C=O) groups excluding carboxylic acids is 1. The van der Waals surface area contributed by atoms with Crippen LogP contribution in [-0.2, 0) is 6.42 Å². The third-order valence-electron chi connectivity index (χ3n) is 6.91.